The van der Waals surface area contributed by atoms with Crippen LogP contribution in [-0.2, 0) is 4.79 Å². The van der Waals surface area contributed by atoms with Gasteiger partial charge in [0, 0.05) is 10.0 Å². The van der Waals surface area contributed by atoms with Gasteiger partial charge in [-0.1, -0.05) is 34.1 Å². The fraction of sp³-hybridized carbons (Fsp3) is 0.111. The molecule has 0 radical (unpaired) electrons. The lowest BCUT2D eigenvalue weighted by molar-refractivity contribution is -0.115. The first kappa shape index (κ1) is 16.8. The first-order valence-electron chi connectivity index (χ1n) is 7.42. The van der Waals surface area contributed by atoms with Gasteiger partial charge in [0.2, 0.25) is 0 Å². The average Bonchev–Trinajstić information content (AvgIpc) is 2.90. The maximum atomic E-state index is 12.2. The Morgan fingerprint density at radius 3 is 2.79 bits per heavy atom. The highest BCUT2D eigenvalue weighted by Crippen LogP contribution is 2.32. The topological polar surface area (TPSA) is 50.7 Å². The van der Waals surface area contributed by atoms with Crippen LogP contribution in [0.1, 0.15) is 12.5 Å². The highest BCUT2D eigenvalue weighted by molar-refractivity contribution is 9.10. The van der Waals surface area contributed by atoms with E-state index in [2.05, 4.69) is 26.2 Å². The van der Waals surface area contributed by atoms with Gasteiger partial charge in [-0.05, 0) is 55.1 Å². The number of amidine groups is 1. The molecule has 6 heteroatoms. The number of halogens is 1. The number of carbonyl (C=O) groups excluding carboxylic acids is 1. The van der Waals surface area contributed by atoms with Crippen molar-refractivity contribution in [1.29, 1.82) is 0 Å². The molecular formula is C18H15BrN2O2S. The molecule has 1 aliphatic rings. The second kappa shape index (κ2) is 7.68. The number of nitrogens with one attached hydrogen (secondary N) is 1. The Labute approximate surface area is 153 Å². The molecule has 4 nitrogen and oxygen atoms in total. The van der Waals surface area contributed by atoms with Crippen LogP contribution < -0.4 is 10.1 Å². The van der Waals surface area contributed by atoms with Crippen LogP contribution in [0.2, 0.25) is 0 Å². The number of thioether (sulfide) groups is 1. The van der Waals surface area contributed by atoms with Gasteiger partial charge in [-0.25, -0.2) is 4.99 Å². The molecule has 1 N–H and O–H groups in total. The third-order valence-corrected chi connectivity index (χ3v) is 4.60. The number of rotatable bonds is 4. The number of hydrogen-bond acceptors (Lipinski definition) is 4. The van der Waals surface area contributed by atoms with Gasteiger partial charge >= 0.3 is 0 Å². The van der Waals surface area contributed by atoms with Crippen molar-refractivity contribution < 1.29 is 9.53 Å². The van der Waals surface area contributed by atoms with Gasteiger partial charge in [0.05, 0.1) is 17.2 Å². The molecule has 1 aliphatic heterocycles. The number of para-hydroxylation sites is 1. The van der Waals surface area contributed by atoms with Crippen LogP contribution in [0.15, 0.2) is 62.9 Å². The SMILES string of the molecule is CCOc1ccc(Br)cc1/C=C1\SC(=Nc2ccccc2)NC1=O. The van der Waals surface area contributed by atoms with Gasteiger partial charge in [0.15, 0.2) is 5.17 Å². The summed E-state index contributed by atoms with van der Waals surface area (Å²) in [6, 6.07) is 15.3. The van der Waals surface area contributed by atoms with Gasteiger partial charge in [-0.2, -0.15) is 0 Å². The summed E-state index contributed by atoms with van der Waals surface area (Å²) in [6.07, 6.45) is 1.82. The van der Waals surface area contributed by atoms with Crippen LogP contribution in [0, 0.1) is 0 Å². The number of carbonyl (C=O) groups is 1. The minimum absolute atomic E-state index is 0.155. The Morgan fingerprint density at radius 1 is 1.25 bits per heavy atom. The van der Waals surface area contributed by atoms with Crippen LogP contribution in [0.5, 0.6) is 5.75 Å². The summed E-state index contributed by atoms with van der Waals surface area (Å²) >= 11 is 4.77. The van der Waals surface area contributed by atoms with Crippen LogP contribution >= 0.6 is 27.7 Å². The van der Waals surface area contributed by atoms with E-state index in [0.717, 1.165) is 21.5 Å². The van der Waals surface area contributed by atoms with E-state index in [1.807, 2.05) is 61.5 Å². The van der Waals surface area contributed by atoms with Crippen molar-refractivity contribution in [3.05, 3.63) is 63.5 Å². The Bertz CT molecular complexity index is 819. The van der Waals surface area contributed by atoms with Crippen molar-refractivity contribution in [2.45, 2.75) is 6.92 Å². The molecule has 2 aromatic rings. The summed E-state index contributed by atoms with van der Waals surface area (Å²) in [5.41, 5.74) is 1.66. The van der Waals surface area contributed by atoms with Gasteiger partial charge < -0.3 is 10.1 Å². The van der Waals surface area contributed by atoms with E-state index in [9.17, 15) is 4.79 Å². The molecular weight excluding hydrogens is 388 g/mol. The fourth-order valence-electron chi connectivity index (χ4n) is 2.16. The quantitative estimate of drug-likeness (QED) is 0.751. The second-order valence-corrected chi connectivity index (χ2v) is 6.88. The van der Waals surface area contributed by atoms with Crippen LogP contribution in [0.3, 0.4) is 0 Å². The molecule has 0 aliphatic carbocycles. The standard InChI is InChI=1S/C18H15BrN2O2S/c1-2-23-15-9-8-13(19)10-12(15)11-16-17(22)21-18(24-16)20-14-6-4-3-5-7-14/h3-11H,2H2,1H3,(H,20,21,22)/b16-11-. The zero-order chi connectivity index (χ0) is 16.9. The van der Waals surface area contributed by atoms with Gasteiger partial charge in [0.25, 0.3) is 5.91 Å². The zero-order valence-electron chi connectivity index (χ0n) is 13.0. The lowest BCUT2D eigenvalue weighted by Gasteiger charge is -2.07. The molecule has 0 saturated carbocycles. The summed E-state index contributed by atoms with van der Waals surface area (Å²) in [5.74, 6) is 0.590. The van der Waals surface area contributed by atoms with Crippen molar-refractivity contribution in [3.63, 3.8) is 0 Å². The molecule has 1 amide bonds. The Morgan fingerprint density at radius 2 is 2.04 bits per heavy atom. The second-order valence-electron chi connectivity index (χ2n) is 4.93. The Balaban J connectivity index is 1.88. The highest BCUT2D eigenvalue weighted by Gasteiger charge is 2.24. The minimum Gasteiger partial charge on any atom is -0.493 e. The fourth-order valence-corrected chi connectivity index (χ4v) is 3.37. The van der Waals surface area contributed by atoms with E-state index in [1.165, 1.54) is 11.8 Å². The summed E-state index contributed by atoms with van der Waals surface area (Å²) < 4.78 is 6.55. The molecule has 122 valence electrons. The summed E-state index contributed by atoms with van der Waals surface area (Å²) in [7, 11) is 0. The largest absolute Gasteiger partial charge is 0.493 e. The normalized spacial score (nSPS) is 17.3. The lowest BCUT2D eigenvalue weighted by atomic mass is 10.2. The molecule has 1 fully saturated rings. The molecule has 0 aromatic heterocycles. The van der Waals surface area contributed by atoms with Gasteiger partial charge in [-0.15, -0.1) is 0 Å². The molecule has 0 bridgehead atoms. The number of amides is 1. The van der Waals surface area contributed by atoms with Crippen LogP contribution in [-0.4, -0.2) is 17.7 Å². The van der Waals surface area contributed by atoms with Crippen LogP contribution in [0.4, 0.5) is 5.69 Å². The van der Waals surface area contributed by atoms with E-state index in [-0.39, 0.29) is 5.91 Å². The van der Waals surface area contributed by atoms with Crippen molar-refractivity contribution >= 4 is 50.5 Å². The molecule has 24 heavy (non-hydrogen) atoms. The molecule has 0 unspecified atom stereocenters. The minimum atomic E-state index is -0.155. The van der Waals surface area contributed by atoms with Gasteiger partial charge in [0.1, 0.15) is 5.75 Å². The van der Waals surface area contributed by atoms with E-state index in [1.54, 1.807) is 0 Å². The average molecular weight is 403 g/mol. The van der Waals surface area contributed by atoms with E-state index < -0.39 is 0 Å². The number of benzene rings is 2. The monoisotopic (exact) mass is 402 g/mol. The van der Waals surface area contributed by atoms with Gasteiger partial charge in [-0.3, -0.25) is 4.79 Å². The van der Waals surface area contributed by atoms with Crippen LogP contribution in [0.25, 0.3) is 6.08 Å². The smallest absolute Gasteiger partial charge is 0.264 e. The molecule has 2 aromatic carbocycles. The highest BCUT2D eigenvalue weighted by atomic mass is 79.9. The van der Waals surface area contributed by atoms with E-state index in [0.29, 0.717) is 16.7 Å². The zero-order valence-corrected chi connectivity index (χ0v) is 15.4. The summed E-state index contributed by atoms with van der Waals surface area (Å²) in [4.78, 5) is 17.2. The van der Waals surface area contributed by atoms with Crippen molar-refractivity contribution in [2.75, 3.05) is 6.61 Å². The number of aliphatic imine (C=N–C) groups is 1. The number of nitrogens with zero attached hydrogens (tertiary/aromatic N) is 1. The summed E-state index contributed by atoms with van der Waals surface area (Å²) in [5, 5.41) is 3.37. The van der Waals surface area contributed by atoms with Crippen molar-refractivity contribution in [2.24, 2.45) is 4.99 Å². The molecule has 1 saturated heterocycles. The predicted molar refractivity (Wildman–Crippen MR) is 103 cm³/mol. The summed E-state index contributed by atoms with van der Waals surface area (Å²) in [6.45, 7) is 2.50. The number of hydrogen-bond donors (Lipinski definition) is 1. The lowest BCUT2D eigenvalue weighted by Crippen LogP contribution is -2.19. The molecule has 1 heterocycles. The molecule has 0 spiro atoms. The third kappa shape index (κ3) is 4.07. The molecule has 3 rings (SSSR count). The maximum Gasteiger partial charge on any atom is 0.264 e. The van der Waals surface area contributed by atoms with Crippen molar-refractivity contribution in [3.8, 4) is 5.75 Å². The van der Waals surface area contributed by atoms with Crippen molar-refractivity contribution in [1.82, 2.24) is 5.32 Å². The van der Waals surface area contributed by atoms with E-state index in [4.69, 9.17) is 4.74 Å². The first-order chi connectivity index (χ1) is 11.7. The molecule has 0 atom stereocenters. The first-order valence-corrected chi connectivity index (χ1v) is 9.03. The third-order valence-electron chi connectivity index (χ3n) is 3.20. The Kier molecular flexibility index (Phi) is 5.37. The Hall–Kier alpha value is -2.05. The number of ether oxygens (including phenoxy) is 1. The van der Waals surface area contributed by atoms with E-state index >= 15 is 0 Å². The predicted octanol–water partition coefficient (Wildman–Crippen LogP) is 4.74. The maximum absolute atomic E-state index is 12.2.